The average Bonchev–Trinajstić information content (AvgIpc) is 3.19. The number of para-hydroxylation sites is 1. The summed E-state index contributed by atoms with van der Waals surface area (Å²) in [5.41, 5.74) is 3.69. The molecule has 0 bridgehead atoms. The fourth-order valence-corrected chi connectivity index (χ4v) is 4.32. The third-order valence-electron chi connectivity index (χ3n) is 4.31. The molecule has 4 heteroatoms. The van der Waals surface area contributed by atoms with E-state index in [9.17, 15) is 4.79 Å². The highest BCUT2D eigenvalue weighted by molar-refractivity contribution is 8.01. The van der Waals surface area contributed by atoms with E-state index in [2.05, 4.69) is 34.6 Å². The summed E-state index contributed by atoms with van der Waals surface area (Å²) in [6.07, 6.45) is 3.72. The minimum Gasteiger partial charge on any atom is -0.361 e. The Balaban J connectivity index is 1.34. The van der Waals surface area contributed by atoms with Crippen LogP contribution in [0.2, 0.25) is 0 Å². The van der Waals surface area contributed by atoms with Crippen molar-refractivity contribution in [2.45, 2.75) is 23.0 Å². The van der Waals surface area contributed by atoms with Gasteiger partial charge in [0.1, 0.15) is 0 Å². The van der Waals surface area contributed by atoms with Crippen LogP contribution in [-0.2, 0) is 17.6 Å². The summed E-state index contributed by atoms with van der Waals surface area (Å²) >= 11 is 1.68. The smallest absolute Gasteiger partial charge is 0.233 e. The molecular weight excluding hydrogens is 304 g/mol. The first-order valence-corrected chi connectivity index (χ1v) is 8.76. The van der Waals surface area contributed by atoms with Crippen LogP contribution in [0.5, 0.6) is 0 Å². The van der Waals surface area contributed by atoms with Gasteiger partial charge >= 0.3 is 0 Å². The maximum Gasteiger partial charge on any atom is 0.233 e. The Hall–Kier alpha value is -2.20. The molecule has 2 heterocycles. The Labute approximate surface area is 139 Å². The van der Waals surface area contributed by atoms with Crippen LogP contribution >= 0.6 is 11.8 Å². The van der Waals surface area contributed by atoms with Crippen LogP contribution in [0.3, 0.4) is 0 Å². The van der Waals surface area contributed by atoms with Gasteiger partial charge in [-0.1, -0.05) is 36.4 Å². The maximum absolute atomic E-state index is 12.4. The van der Waals surface area contributed by atoms with E-state index in [-0.39, 0.29) is 11.2 Å². The van der Waals surface area contributed by atoms with Gasteiger partial charge in [0.25, 0.3) is 0 Å². The van der Waals surface area contributed by atoms with Crippen molar-refractivity contribution in [2.75, 3.05) is 6.54 Å². The predicted octanol–water partition coefficient (Wildman–Crippen LogP) is 3.54. The zero-order valence-corrected chi connectivity index (χ0v) is 13.5. The quantitative estimate of drug-likeness (QED) is 0.771. The van der Waals surface area contributed by atoms with Crippen molar-refractivity contribution in [3.63, 3.8) is 0 Å². The molecule has 23 heavy (non-hydrogen) atoms. The Bertz CT molecular complexity index is 830. The summed E-state index contributed by atoms with van der Waals surface area (Å²) in [4.78, 5) is 16.9. The first kappa shape index (κ1) is 14.4. The molecule has 1 atom stereocenters. The molecule has 2 aromatic carbocycles. The molecule has 0 saturated carbocycles. The zero-order valence-electron chi connectivity index (χ0n) is 12.7. The molecule has 0 radical (unpaired) electrons. The number of aromatic nitrogens is 1. The summed E-state index contributed by atoms with van der Waals surface area (Å²) in [7, 11) is 0. The average molecular weight is 322 g/mol. The number of hydrogen-bond acceptors (Lipinski definition) is 2. The van der Waals surface area contributed by atoms with Crippen molar-refractivity contribution in [2.24, 2.45) is 0 Å². The highest BCUT2D eigenvalue weighted by atomic mass is 32.2. The molecule has 1 amide bonds. The van der Waals surface area contributed by atoms with Gasteiger partial charge in [0.15, 0.2) is 0 Å². The number of rotatable bonds is 4. The fraction of sp³-hybridized carbons (Fsp3) is 0.211. The number of amides is 1. The monoisotopic (exact) mass is 322 g/mol. The largest absolute Gasteiger partial charge is 0.361 e. The van der Waals surface area contributed by atoms with Crippen molar-refractivity contribution < 1.29 is 4.79 Å². The van der Waals surface area contributed by atoms with Crippen LogP contribution in [0, 0.1) is 0 Å². The summed E-state index contributed by atoms with van der Waals surface area (Å²) in [6, 6.07) is 16.5. The van der Waals surface area contributed by atoms with E-state index in [4.69, 9.17) is 0 Å². The maximum atomic E-state index is 12.4. The van der Waals surface area contributed by atoms with Crippen molar-refractivity contribution in [1.82, 2.24) is 10.3 Å². The minimum absolute atomic E-state index is 0.00960. The Kier molecular flexibility index (Phi) is 3.83. The van der Waals surface area contributed by atoms with Crippen LogP contribution in [0.4, 0.5) is 0 Å². The fourth-order valence-electron chi connectivity index (χ4n) is 3.10. The normalized spacial score (nSPS) is 16.4. The van der Waals surface area contributed by atoms with Crippen molar-refractivity contribution in [3.8, 4) is 0 Å². The summed E-state index contributed by atoms with van der Waals surface area (Å²) < 4.78 is 0. The highest BCUT2D eigenvalue weighted by Crippen LogP contribution is 2.36. The van der Waals surface area contributed by atoms with Gasteiger partial charge in [-0.3, -0.25) is 4.79 Å². The first-order valence-electron chi connectivity index (χ1n) is 7.88. The molecule has 0 saturated heterocycles. The molecule has 2 N–H and O–H groups in total. The lowest BCUT2D eigenvalue weighted by Crippen LogP contribution is -2.33. The lowest BCUT2D eigenvalue weighted by atomic mass is 10.1. The zero-order chi connectivity index (χ0) is 15.6. The molecule has 1 unspecified atom stereocenters. The van der Waals surface area contributed by atoms with Gasteiger partial charge in [-0.15, -0.1) is 11.8 Å². The molecule has 116 valence electrons. The van der Waals surface area contributed by atoms with Gasteiger partial charge < -0.3 is 10.3 Å². The Morgan fingerprint density at radius 1 is 1.17 bits per heavy atom. The molecule has 0 spiro atoms. The second-order valence-corrected chi connectivity index (χ2v) is 7.06. The van der Waals surface area contributed by atoms with E-state index < -0.39 is 0 Å². The molecule has 4 rings (SSSR count). The molecule has 0 aliphatic carbocycles. The van der Waals surface area contributed by atoms with E-state index in [0.29, 0.717) is 6.54 Å². The number of thioether (sulfide) groups is 1. The summed E-state index contributed by atoms with van der Waals surface area (Å²) in [5.74, 6) is 0.144. The van der Waals surface area contributed by atoms with Crippen LogP contribution in [0.1, 0.15) is 11.1 Å². The van der Waals surface area contributed by atoms with Crippen molar-refractivity contribution in [3.05, 3.63) is 65.9 Å². The van der Waals surface area contributed by atoms with E-state index >= 15 is 0 Å². The van der Waals surface area contributed by atoms with Gasteiger partial charge in [0.2, 0.25) is 5.91 Å². The molecule has 1 aliphatic rings. The van der Waals surface area contributed by atoms with E-state index in [1.807, 2.05) is 30.5 Å². The van der Waals surface area contributed by atoms with E-state index in [0.717, 1.165) is 18.4 Å². The van der Waals surface area contributed by atoms with Crippen molar-refractivity contribution >= 4 is 28.6 Å². The lowest BCUT2D eigenvalue weighted by Gasteiger charge is -2.09. The lowest BCUT2D eigenvalue weighted by molar-refractivity contribution is -0.120. The summed E-state index contributed by atoms with van der Waals surface area (Å²) in [5, 5.41) is 4.34. The number of hydrogen-bond donors (Lipinski definition) is 2. The highest BCUT2D eigenvalue weighted by Gasteiger charge is 2.27. The topological polar surface area (TPSA) is 44.9 Å². The minimum atomic E-state index is 0.00960. The van der Waals surface area contributed by atoms with Gasteiger partial charge in [-0.2, -0.15) is 0 Å². The predicted molar refractivity (Wildman–Crippen MR) is 94.8 cm³/mol. The van der Waals surface area contributed by atoms with Crippen LogP contribution < -0.4 is 5.32 Å². The second-order valence-electron chi connectivity index (χ2n) is 5.82. The first-order chi connectivity index (χ1) is 11.3. The van der Waals surface area contributed by atoms with Gasteiger partial charge in [0.05, 0.1) is 5.25 Å². The molecule has 1 aromatic heterocycles. The molecule has 3 aromatic rings. The van der Waals surface area contributed by atoms with Crippen LogP contribution in [0.25, 0.3) is 10.9 Å². The molecular formula is C19H18N2OS. The van der Waals surface area contributed by atoms with E-state index in [1.165, 1.54) is 21.4 Å². The number of H-pyrrole nitrogens is 1. The van der Waals surface area contributed by atoms with E-state index in [1.54, 1.807) is 11.8 Å². The van der Waals surface area contributed by atoms with Gasteiger partial charge in [0, 0.05) is 28.5 Å². The molecule has 1 aliphatic heterocycles. The van der Waals surface area contributed by atoms with Gasteiger partial charge in [-0.25, -0.2) is 0 Å². The number of fused-ring (bicyclic) bond motifs is 2. The van der Waals surface area contributed by atoms with Gasteiger partial charge in [-0.05, 0) is 36.1 Å². The summed E-state index contributed by atoms with van der Waals surface area (Å²) in [6.45, 7) is 0.675. The number of aromatic amines is 1. The molecule has 0 fully saturated rings. The Morgan fingerprint density at radius 3 is 2.91 bits per heavy atom. The second kappa shape index (κ2) is 6.13. The number of nitrogens with one attached hydrogen (secondary N) is 2. The standard InChI is InChI=1S/C19H18N2OS/c22-19(18-11-13-5-1-4-8-17(13)23-18)20-10-9-14-12-21-16-7-3-2-6-15(14)16/h1-8,12,18,21H,9-11H2,(H,20,22). The SMILES string of the molecule is O=C(NCCc1c[nH]c2ccccc12)C1Cc2ccccc2S1. The van der Waals surface area contributed by atoms with Crippen LogP contribution in [0.15, 0.2) is 59.6 Å². The molecule has 3 nitrogen and oxygen atoms in total. The third-order valence-corrected chi connectivity index (χ3v) is 5.63. The van der Waals surface area contributed by atoms with Crippen molar-refractivity contribution in [1.29, 1.82) is 0 Å². The van der Waals surface area contributed by atoms with Crippen LogP contribution in [-0.4, -0.2) is 22.7 Å². The number of carbonyl (C=O) groups excluding carboxylic acids is 1. The number of carbonyl (C=O) groups is 1. The third kappa shape index (κ3) is 2.86. The number of benzene rings is 2. The Morgan fingerprint density at radius 2 is 2.00 bits per heavy atom.